The lowest BCUT2D eigenvalue weighted by Crippen LogP contribution is -2.15. The number of rotatable bonds is 8. The number of hydrogen-bond acceptors (Lipinski definition) is 7. The van der Waals surface area contributed by atoms with Crippen molar-refractivity contribution >= 4 is 28.8 Å². The van der Waals surface area contributed by atoms with E-state index in [1.54, 1.807) is 43.5 Å². The molecule has 0 spiro atoms. The molecule has 34 heavy (non-hydrogen) atoms. The lowest BCUT2D eigenvalue weighted by molar-refractivity contribution is -0.115. The van der Waals surface area contributed by atoms with Gasteiger partial charge in [-0.25, -0.2) is 14.4 Å². The highest BCUT2D eigenvalue weighted by Gasteiger charge is 2.13. The van der Waals surface area contributed by atoms with Crippen LogP contribution in [0.4, 0.5) is 10.1 Å². The molecule has 172 valence electrons. The molecule has 0 aliphatic rings. The average Bonchev–Trinajstić information content (AvgIpc) is 2.85. The first-order valence-corrected chi connectivity index (χ1v) is 10.2. The third kappa shape index (κ3) is 4.93. The van der Waals surface area contributed by atoms with E-state index in [-0.39, 0.29) is 17.7 Å². The molecule has 4 rings (SSSR count). The molecule has 0 fully saturated rings. The Morgan fingerprint density at radius 2 is 1.74 bits per heavy atom. The van der Waals surface area contributed by atoms with Gasteiger partial charge in [0.05, 0.1) is 37.2 Å². The van der Waals surface area contributed by atoms with E-state index in [9.17, 15) is 14.0 Å². The smallest absolute Gasteiger partial charge is 0.230 e. The van der Waals surface area contributed by atoms with E-state index in [1.165, 1.54) is 25.6 Å². The summed E-state index contributed by atoms with van der Waals surface area (Å²) in [6.45, 7) is 0. The summed E-state index contributed by atoms with van der Waals surface area (Å²) in [6.07, 6.45) is 1.99. The molecule has 1 N–H and O–H groups in total. The van der Waals surface area contributed by atoms with Crippen LogP contribution in [0.25, 0.3) is 10.9 Å². The molecule has 0 saturated carbocycles. The van der Waals surface area contributed by atoms with Gasteiger partial charge in [-0.05, 0) is 42.0 Å². The van der Waals surface area contributed by atoms with Gasteiger partial charge >= 0.3 is 0 Å². The number of carbonyl (C=O) groups is 2. The van der Waals surface area contributed by atoms with E-state index in [0.29, 0.717) is 45.9 Å². The maximum atomic E-state index is 13.9. The molecule has 1 amide bonds. The predicted molar refractivity (Wildman–Crippen MR) is 123 cm³/mol. The number of nitrogens with one attached hydrogen (secondary N) is 1. The van der Waals surface area contributed by atoms with Gasteiger partial charge in [0.15, 0.2) is 11.5 Å². The van der Waals surface area contributed by atoms with Crippen molar-refractivity contribution in [2.24, 2.45) is 0 Å². The Balaban J connectivity index is 1.48. The zero-order valence-corrected chi connectivity index (χ0v) is 18.4. The lowest BCUT2D eigenvalue weighted by Gasteiger charge is -2.12. The number of amides is 1. The summed E-state index contributed by atoms with van der Waals surface area (Å²) in [4.78, 5) is 31.7. The Kier molecular flexibility index (Phi) is 6.63. The number of aromatic nitrogens is 2. The van der Waals surface area contributed by atoms with Crippen molar-refractivity contribution in [3.05, 3.63) is 77.9 Å². The molecule has 0 radical (unpaired) electrons. The van der Waals surface area contributed by atoms with Crippen molar-refractivity contribution in [3.63, 3.8) is 0 Å². The number of benzene rings is 3. The van der Waals surface area contributed by atoms with Gasteiger partial charge < -0.3 is 19.5 Å². The summed E-state index contributed by atoms with van der Waals surface area (Å²) in [6, 6.07) is 14.1. The minimum absolute atomic E-state index is 0.0124. The number of aldehydes is 1. The molecule has 1 heterocycles. The van der Waals surface area contributed by atoms with Gasteiger partial charge in [0.1, 0.15) is 24.2 Å². The highest BCUT2D eigenvalue weighted by Crippen LogP contribution is 2.35. The molecule has 1 aromatic heterocycles. The fraction of sp³-hybridized carbons (Fsp3) is 0.120. The Labute approximate surface area is 194 Å². The Morgan fingerprint density at radius 3 is 2.44 bits per heavy atom. The second-order valence-corrected chi connectivity index (χ2v) is 7.23. The van der Waals surface area contributed by atoms with Crippen LogP contribution < -0.4 is 19.5 Å². The molecule has 0 aliphatic heterocycles. The molecule has 3 aromatic carbocycles. The molecule has 0 unspecified atom stereocenters. The van der Waals surface area contributed by atoms with Crippen LogP contribution in [0.1, 0.15) is 15.9 Å². The second kappa shape index (κ2) is 9.95. The van der Waals surface area contributed by atoms with Crippen LogP contribution in [0.2, 0.25) is 0 Å². The molecule has 8 nitrogen and oxygen atoms in total. The number of methoxy groups -OCH3 is 2. The first kappa shape index (κ1) is 22.7. The minimum atomic E-state index is -0.617. The van der Waals surface area contributed by atoms with Crippen molar-refractivity contribution in [1.29, 1.82) is 0 Å². The van der Waals surface area contributed by atoms with Crippen LogP contribution in [0, 0.1) is 5.82 Å². The fourth-order valence-electron chi connectivity index (χ4n) is 3.32. The monoisotopic (exact) mass is 461 g/mol. The van der Waals surface area contributed by atoms with Gasteiger partial charge in [-0.3, -0.25) is 9.59 Å². The van der Waals surface area contributed by atoms with Gasteiger partial charge in [0.25, 0.3) is 0 Å². The van der Waals surface area contributed by atoms with Crippen molar-refractivity contribution in [2.75, 3.05) is 19.5 Å². The highest BCUT2D eigenvalue weighted by molar-refractivity contribution is 5.93. The molecule has 0 bridgehead atoms. The molecule has 0 saturated heterocycles. The number of carbonyl (C=O) groups excluding carboxylic acids is 2. The number of halogens is 1. The summed E-state index contributed by atoms with van der Waals surface area (Å²) in [5.41, 5.74) is 1.54. The first-order chi connectivity index (χ1) is 16.5. The molecule has 4 aromatic rings. The number of hydrogen-bond donors (Lipinski definition) is 1. The third-order valence-corrected chi connectivity index (χ3v) is 5.01. The van der Waals surface area contributed by atoms with Crippen LogP contribution in [0.5, 0.6) is 23.1 Å². The largest absolute Gasteiger partial charge is 0.493 e. The molecule has 0 atom stereocenters. The maximum Gasteiger partial charge on any atom is 0.230 e. The molecule has 9 heteroatoms. The Morgan fingerprint density at radius 1 is 1.00 bits per heavy atom. The standard InChI is InChI=1S/C25H20FN3O5/c1-32-22-11-18-20(12-23(22)33-2)27-14-28-25(18)34-17-6-3-15(4-7-17)10-24(31)29-21-9-16(13-30)5-8-19(21)26/h3-9,11-14H,10H2,1-2H3,(H,29,31). The van der Waals surface area contributed by atoms with Gasteiger partial charge in [0, 0.05) is 11.6 Å². The molecular formula is C25H20FN3O5. The van der Waals surface area contributed by atoms with Gasteiger partial charge in [0.2, 0.25) is 11.8 Å². The van der Waals surface area contributed by atoms with Crippen molar-refractivity contribution in [3.8, 4) is 23.1 Å². The summed E-state index contributed by atoms with van der Waals surface area (Å²) >= 11 is 0. The quantitative estimate of drug-likeness (QED) is 0.384. The number of nitrogens with zero attached hydrogens (tertiary/aromatic N) is 2. The first-order valence-electron chi connectivity index (χ1n) is 10.2. The second-order valence-electron chi connectivity index (χ2n) is 7.23. The van der Waals surface area contributed by atoms with E-state index < -0.39 is 11.7 Å². The van der Waals surface area contributed by atoms with Crippen molar-refractivity contribution in [1.82, 2.24) is 9.97 Å². The SMILES string of the molecule is COc1cc2ncnc(Oc3ccc(CC(=O)Nc4cc(C=O)ccc4F)cc3)c2cc1OC. The summed E-state index contributed by atoms with van der Waals surface area (Å²) in [5, 5.41) is 3.13. The zero-order chi connectivity index (χ0) is 24.1. The highest BCUT2D eigenvalue weighted by atomic mass is 19.1. The molecular weight excluding hydrogens is 441 g/mol. The number of ether oxygens (including phenoxy) is 3. The van der Waals surface area contributed by atoms with E-state index >= 15 is 0 Å². The zero-order valence-electron chi connectivity index (χ0n) is 18.4. The predicted octanol–water partition coefficient (Wildman–Crippen LogP) is 4.57. The molecule has 0 aliphatic carbocycles. The number of fused-ring (bicyclic) bond motifs is 1. The van der Waals surface area contributed by atoms with E-state index in [2.05, 4.69) is 15.3 Å². The van der Waals surface area contributed by atoms with E-state index in [4.69, 9.17) is 14.2 Å². The topological polar surface area (TPSA) is 99.6 Å². The van der Waals surface area contributed by atoms with Gasteiger partial charge in [-0.1, -0.05) is 12.1 Å². The maximum absolute atomic E-state index is 13.9. The summed E-state index contributed by atoms with van der Waals surface area (Å²) < 4.78 is 30.5. The van der Waals surface area contributed by atoms with Crippen molar-refractivity contribution < 1.29 is 28.2 Å². The van der Waals surface area contributed by atoms with Crippen LogP contribution >= 0.6 is 0 Å². The summed E-state index contributed by atoms with van der Waals surface area (Å²) in [5.74, 6) is 0.865. The fourth-order valence-corrected chi connectivity index (χ4v) is 3.32. The van der Waals surface area contributed by atoms with E-state index in [0.717, 1.165) is 6.07 Å². The Bertz CT molecular complexity index is 1360. The van der Waals surface area contributed by atoms with Crippen LogP contribution in [-0.4, -0.2) is 36.4 Å². The van der Waals surface area contributed by atoms with Gasteiger partial charge in [-0.15, -0.1) is 0 Å². The van der Waals surface area contributed by atoms with Crippen LogP contribution in [0.15, 0.2) is 60.9 Å². The normalized spacial score (nSPS) is 10.6. The average molecular weight is 461 g/mol. The van der Waals surface area contributed by atoms with Gasteiger partial charge in [-0.2, -0.15) is 0 Å². The minimum Gasteiger partial charge on any atom is -0.493 e. The van der Waals surface area contributed by atoms with Crippen LogP contribution in [0.3, 0.4) is 0 Å². The van der Waals surface area contributed by atoms with Crippen LogP contribution in [-0.2, 0) is 11.2 Å². The summed E-state index contributed by atoms with van der Waals surface area (Å²) in [7, 11) is 3.08. The lowest BCUT2D eigenvalue weighted by atomic mass is 10.1. The van der Waals surface area contributed by atoms with Crippen molar-refractivity contribution in [2.45, 2.75) is 6.42 Å². The van der Waals surface area contributed by atoms with E-state index in [1.807, 2.05) is 0 Å². The Hall–Kier alpha value is -4.53. The number of anilines is 1. The third-order valence-electron chi connectivity index (χ3n) is 5.01.